The monoisotopic (exact) mass is 226 g/mol. The Morgan fingerprint density at radius 1 is 1.43 bits per heavy atom. The molecule has 0 bridgehead atoms. The third-order valence-corrected chi connectivity index (χ3v) is 3.13. The van der Waals surface area contributed by atoms with Gasteiger partial charge in [0.05, 0.1) is 6.61 Å². The summed E-state index contributed by atoms with van der Waals surface area (Å²) < 4.78 is 6.42. The van der Waals surface area contributed by atoms with Crippen molar-refractivity contribution in [2.24, 2.45) is 0 Å². The van der Waals surface area contributed by atoms with Gasteiger partial charge in [-0.15, -0.1) is 12.6 Å². The Balaban J connectivity index is 2.58. The van der Waals surface area contributed by atoms with Crippen molar-refractivity contribution in [3.05, 3.63) is 18.2 Å². The molecule has 0 spiro atoms. The van der Waals surface area contributed by atoms with Gasteiger partial charge in [0.25, 0.3) is 0 Å². The number of aromatic hydroxyl groups is 1. The van der Waals surface area contributed by atoms with Crippen molar-refractivity contribution < 1.29 is 9.84 Å². The van der Waals surface area contributed by atoms with Crippen LogP contribution in [-0.2, 0) is 0 Å². The van der Waals surface area contributed by atoms with Crippen LogP contribution in [0, 0.1) is 0 Å². The summed E-state index contributed by atoms with van der Waals surface area (Å²) in [4.78, 5) is 0.803. The number of benzene rings is 1. The highest BCUT2D eigenvalue weighted by Gasteiger charge is 2.06. The van der Waals surface area contributed by atoms with E-state index in [-0.39, 0.29) is 0 Å². The molecule has 0 aliphatic heterocycles. The highest BCUT2D eigenvalue weighted by molar-refractivity contribution is 7.80. The minimum Gasteiger partial charge on any atom is -0.499 e. The van der Waals surface area contributed by atoms with Crippen LogP contribution in [0.15, 0.2) is 23.1 Å². The highest BCUT2D eigenvalue weighted by Crippen LogP contribution is 2.36. The lowest BCUT2D eigenvalue weighted by Gasteiger charge is -2.05. The fraction of sp³-hybridized carbons (Fsp3) is 0.200. The number of rotatable bonds is 2. The topological polar surface area (TPSA) is 29.5 Å². The van der Waals surface area contributed by atoms with Crippen molar-refractivity contribution in [2.75, 3.05) is 6.61 Å². The Morgan fingerprint density at radius 2 is 2.21 bits per heavy atom. The van der Waals surface area contributed by atoms with E-state index >= 15 is 0 Å². The van der Waals surface area contributed by atoms with Gasteiger partial charge in [-0.05, 0) is 30.5 Å². The van der Waals surface area contributed by atoms with E-state index in [0.29, 0.717) is 11.7 Å². The van der Waals surface area contributed by atoms with Crippen molar-refractivity contribution in [1.29, 1.82) is 0 Å². The average Bonchev–Trinajstić information content (AvgIpc) is 2.45. The van der Waals surface area contributed by atoms with Gasteiger partial charge < -0.3 is 9.84 Å². The SMILES string of the molecule is CCOc1cc2sc(O)cc2cc1S. The second-order valence-electron chi connectivity index (χ2n) is 2.88. The van der Waals surface area contributed by atoms with Crippen molar-refractivity contribution in [3.63, 3.8) is 0 Å². The van der Waals surface area contributed by atoms with E-state index < -0.39 is 0 Å². The number of hydrogen-bond acceptors (Lipinski definition) is 4. The molecule has 1 aromatic heterocycles. The molecule has 2 nitrogen and oxygen atoms in total. The summed E-state index contributed by atoms with van der Waals surface area (Å²) >= 11 is 5.66. The quantitative estimate of drug-likeness (QED) is 0.769. The van der Waals surface area contributed by atoms with Gasteiger partial charge in [0.15, 0.2) is 5.06 Å². The van der Waals surface area contributed by atoms with Gasteiger partial charge in [0.2, 0.25) is 0 Å². The van der Waals surface area contributed by atoms with Crippen LogP contribution in [0.1, 0.15) is 6.92 Å². The molecule has 4 heteroatoms. The van der Waals surface area contributed by atoms with Gasteiger partial charge in [-0.25, -0.2) is 0 Å². The Bertz CT molecular complexity index is 462. The molecule has 0 aliphatic carbocycles. The number of fused-ring (bicyclic) bond motifs is 1. The van der Waals surface area contributed by atoms with Crippen molar-refractivity contribution >= 4 is 34.1 Å². The predicted octanol–water partition coefficient (Wildman–Crippen LogP) is 3.29. The van der Waals surface area contributed by atoms with E-state index in [0.717, 1.165) is 20.7 Å². The van der Waals surface area contributed by atoms with E-state index in [1.807, 2.05) is 19.1 Å². The zero-order valence-corrected chi connectivity index (χ0v) is 9.36. The molecule has 0 radical (unpaired) electrons. The van der Waals surface area contributed by atoms with Gasteiger partial charge in [0, 0.05) is 9.60 Å². The Kier molecular flexibility index (Phi) is 2.56. The molecule has 74 valence electrons. The Labute approximate surface area is 91.5 Å². The smallest absolute Gasteiger partial charge is 0.172 e. The fourth-order valence-electron chi connectivity index (χ4n) is 1.31. The van der Waals surface area contributed by atoms with Crippen molar-refractivity contribution in [1.82, 2.24) is 0 Å². The number of thiol groups is 1. The van der Waals surface area contributed by atoms with Gasteiger partial charge in [-0.2, -0.15) is 0 Å². The van der Waals surface area contributed by atoms with Gasteiger partial charge in [0.1, 0.15) is 5.75 Å². The molecule has 0 aliphatic rings. The van der Waals surface area contributed by atoms with Gasteiger partial charge >= 0.3 is 0 Å². The molecule has 2 rings (SSSR count). The largest absolute Gasteiger partial charge is 0.499 e. The molecule has 0 unspecified atom stereocenters. The lowest BCUT2D eigenvalue weighted by molar-refractivity contribution is 0.333. The first kappa shape index (κ1) is 9.68. The first-order valence-electron chi connectivity index (χ1n) is 4.29. The summed E-state index contributed by atoms with van der Waals surface area (Å²) in [6.07, 6.45) is 0. The zero-order chi connectivity index (χ0) is 10.1. The molecule has 1 aromatic carbocycles. The maximum atomic E-state index is 9.32. The fourth-order valence-corrected chi connectivity index (χ4v) is 2.39. The maximum absolute atomic E-state index is 9.32. The number of ether oxygens (including phenoxy) is 1. The third kappa shape index (κ3) is 1.67. The summed E-state index contributed by atoms with van der Waals surface area (Å²) in [5.41, 5.74) is 0. The van der Waals surface area contributed by atoms with Crippen LogP contribution in [0.25, 0.3) is 10.1 Å². The van der Waals surface area contributed by atoms with E-state index in [9.17, 15) is 5.11 Å². The van der Waals surface area contributed by atoms with Crippen LogP contribution >= 0.6 is 24.0 Å². The number of hydrogen-bond donors (Lipinski definition) is 2. The van der Waals surface area contributed by atoms with Crippen LogP contribution in [0.4, 0.5) is 0 Å². The summed E-state index contributed by atoms with van der Waals surface area (Å²) in [6, 6.07) is 5.54. The Hall–Kier alpha value is -0.870. The van der Waals surface area contributed by atoms with E-state index in [1.165, 1.54) is 11.3 Å². The molecule has 1 N–H and O–H groups in total. The van der Waals surface area contributed by atoms with Gasteiger partial charge in [-0.1, -0.05) is 11.3 Å². The average molecular weight is 226 g/mol. The summed E-state index contributed by atoms with van der Waals surface area (Å²) in [7, 11) is 0. The zero-order valence-electron chi connectivity index (χ0n) is 7.65. The predicted molar refractivity (Wildman–Crippen MR) is 61.9 cm³/mol. The van der Waals surface area contributed by atoms with Crippen LogP contribution in [0.5, 0.6) is 10.8 Å². The molecule has 2 aromatic rings. The minimum absolute atomic E-state index is 0.321. The van der Waals surface area contributed by atoms with Crippen molar-refractivity contribution in [3.8, 4) is 10.8 Å². The van der Waals surface area contributed by atoms with Crippen LogP contribution in [0.3, 0.4) is 0 Å². The molecule has 0 fully saturated rings. The normalized spacial score (nSPS) is 10.7. The minimum atomic E-state index is 0.321. The summed E-state index contributed by atoms with van der Waals surface area (Å²) in [5.74, 6) is 0.769. The Morgan fingerprint density at radius 3 is 2.93 bits per heavy atom. The highest BCUT2D eigenvalue weighted by atomic mass is 32.1. The third-order valence-electron chi connectivity index (χ3n) is 1.88. The van der Waals surface area contributed by atoms with Crippen molar-refractivity contribution in [2.45, 2.75) is 11.8 Å². The molecular formula is C10H10O2S2. The molecule has 1 heterocycles. The standard InChI is InChI=1S/C10H10O2S2/c1-2-12-7-5-9-6(3-8(7)13)4-10(11)14-9/h3-5,11,13H,2H2,1H3. The second-order valence-corrected chi connectivity index (χ2v) is 4.42. The molecule has 0 saturated heterocycles. The first-order valence-corrected chi connectivity index (χ1v) is 5.55. The maximum Gasteiger partial charge on any atom is 0.172 e. The van der Waals surface area contributed by atoms with Crippen LogP contribution < -0.4 is 4.74 Å². The van der Waals surface area contributed by atoms with E-state index in [2.05, 4.69) is 12.6 Å². The van der Waals surface area contributed by atoms with E-state index in [1.54, 1.807) is 6.07 Å². The first-order chi connectivity index (χ1) is 6.70. The molecule has 0 saturated carbocycles. The summed E-state index contributed by atoms with van der Waals surface area (Å²) in [6.45, 7) is 2.56. The molecule has 0 atom stereocenters. The van der Waals surface area contributed by atoms with E-state index in [4.69, 9.17) is 4.74 Å². The lowest BCUT2D eigenvalue weighted by Crippen LogP contribution is -1.91. The second kappa shape index (κ2) is 3.71. The molecule has 14 heavy (non-hydrogen) atoms. The van der Waals surface area contributed by atoms with Crippen LogP contribution in [-0.4, -0.2) is 11.7 Å². The molecule has 0 amide bonds. The molecular weight excluding hydrogens is 216 g/mol. The number of thiophene rings is 1. The summed E-state index contributed by atoms with van der Waals surface area (Å²) in [5, 5.41) is 10.6. The van der Waals surface area contributed by atoms with Gasteiger partial charge in [-0.3, -0.25) is 0 Å². The lowest BCUT2D eigenvalue weighted by atomic mass is 10.2. The van der Waals surface area contributed by atoms with Crippen LogP contribution in [0.2, 0.25) is 0 Å².